The van der Waals surface area contributed by atoms with Crippen molar-refractivity contribution in [2.45, 2.75) is 45.2 Å². The van der Waals surface area contributed by atoms with Gasteiger partial charge in [-0.1, -0.05) is 6.92 Å². The molecule has 0 bridgehead atoms. The van der Waals surface area contributed by atoms with Crippen molar-refractivity contribution < 1.29 is 9.53 Å². The highest BCUT2D eigenvalue weighted by molar-refractivity contribution is 5.85. The van der Waals surface area contributed by atoms with Crippen LogP contribution in [0.1, 0.15) is 33.1 Å². The minimum atomic E-state index is -0.391. The van der Waals surface area contributed by atoms with Crippen LogP contribution < -0.4 is 11.1 Å². The Morgan fingerprint density at radius 2 is 1.95 bits per heavy atom. The summed E-state index contributed by atoms with van der Waals surface area (Å²) < 4.78 is 5.29. The van der Waals surface area contributed by atoms with Gasteiger partial charge in [-0.25, -0.2) is 0 Å². The van der Waals surface area contributed by atoms with Gasteiger partial charge in [0.1, 0.15) is 0 Å². The van der Waals surface area contributed by atoms with E-state index in [0.717, 1.165) is 39.0 Å². The number of nitrogens with zero attached hydrogens (tertiary/aromatic N) is 1. The third-order valence-corrected chi connectivity index (χ3v) is 4.18. The van der Waals surface area contributed by atoms with Gasteiger partial charge in [0.2, 0.25) is 5.91 Å². The van der Waals surface area contributed by atoms with E-state index in [9.17, 15) is 4.79 Å². The second kappa shape index (κ2) is 12.5. The lowest BCUT2D eigenvalue weighted by molar-refractivity contribution is -0.124. The maximum absolute atomic E-state index is 12.0. The Balaban J connectivity index is 0. The van der Waals surface area contributed by atoms with Crippen molar-refractivity contribution >= 4 is 30.7 Å². The molecular formula is C14H31Cl2N3O2. The standard InChI is InChI=1S/C14H29N3O2.2ClH/c1-4-11(2)17(3)8-7-16-14(18)13(15)12-5-9-19-10-6-12;;/h11-13H,4-10,15H2,1-3H3,(H,16,18);2*1H. The molecule has 3 N–H and O–H groups in total. The fourth-order valence-corrected chi connectivity index (χ4v) is 2.29. The van der Waals surface area contributed by atoms with E-state index in [2.05, 4.69) is 31.1 Å². The van der Waals surface area contributed by atoms with Crippen LogP contribution in [0, 0.1) is 5.92 Å². The SMILES string of the molecule is CCC(C)N(C)CCNC(=O)C(N)C1CCOCC1.Cl.Cl. The smallest absolute Gasteiger partial charge is 0.237 e. The summed E-state index contributed by atoms with van der Waals surface area (Å²) in [6, 6.07) is 0.152. The zero-order valence-electron chi connectivity index (χ0n) is 13.3. The van der Waals surface area contributed by atoms with Crippen LogP contribution in [0.25, 0.3) is 0 Å². The van der Waals surface area contributed by atoms with Crippen LogP contribution in [-0.4, -0.2) is 56.2 Å². The van der Waals surface area contributed by atoms with Gasteiger partial charge in [-0.05, 0) is 39.2 Å². The summed E-state index contributed by atoms with van der Waals surface area (Å²) >= 11 is 0. The van der Waals surface area contributed by atoms with E-state index in [1.54, 1.807) is 0 Å². The molecule has 0 radical (unpaired) electrons. The largest absolute Gasteiger partial charge is 0.381 e. The van der Waals surface area contributed by atoms with Gasteiger partial charge in [-0.2, -0.15) is 0 Å². The number of nitrogens with one attached hydrogen (secondary N) is 1. The van der Waals surface area contributed by atoms with Crippen LogP contribution in [0.5, 0.6) is 0 Å². The van der Waals surface area contributed by atoms with Crippen LogP contribution >= 0.6 is 24.8 Å². The third-order valence-electron chi connectivity index (χ3n) is 4.18. The maximum atomic E-state index is 12.0. The number of halogens is 2. The predicted molar refractivity (Wildman–Crippen MR) is 91.4 cm³/mol. The zero-order chi connectivity index (χ0) is 14.3. The number of likely N-dealkylation sites (N-methyl/N-ethyl adjacent to an activating group) is 1. The molecule has 21 heavy (non-hydrogen) atoms. The van der Waals surface area contributed by atoms with Gasteiger partial charge in [-0.15, -0.1) is 24.8 Å². The van der Waals surface area contributed by atoms with E-state index in [1.165, 1.54) is 0 Å². The normalized spacial score (nSPS) is 18.3. The Morgan fingerprint density at radius 3 is 2.48 bits per heavy atom. The number of carbonyl (C=O) groups excluding carboxylic acids is 1. The fraction of sp³-hybridized carbons (Fsp3) is 0.929. The van der Waals surface area contributed by atoms with Crippen molar-refractivity contribution in [3.05, 3.63) is 0 Å². The molecule has 0 saturated carbocycles. The average molecular weight is 344 g/mol. The van der Waals surface area contributed by atoms with Gasteiger partial charge >= 0.3 is 0 Å². The lowest BCUT2D eigenvalue weighted by Crippen LogP contribution is -2.48. The topological polar surface area (TPSA) is 67.6 Å². The number of amides is 1. The third kappa shape index (κ3) is 8.21. The molecule has 0 aromatic carbocycles. The summed E-state index contributed by atoms with van der Waals surface area (Å²) in [7, 11) is 2.08. The van der Waals surface area contributed by atoms with Crippen LogP contribution in [0.15, 0.2) is 0 Å². The van der Waals surface area contributed by atoms with E-state index >= 15 is 0 Å². The van der Waals surface area contributed by atoms with Gasteiger partial charge in [0, 0.05) is 32.3 Å². The van der Waals surface area contributed by atoms with Crippen molar-refractivity contribution in [3.8, 4) is 0 Å². The van der Waals surface area contributed by atoms with Crippen LogP contribution in [-0.2, 0) is 9.53 Å². The fourth-order valence-electron chi connectivity index (χ4n) is 2.29. The van der Waals surface area contributed by atoms with Crippen molar-refractivity contribution in [2.24, 2.45) is 11.7 Å². The lowest BCUT2D eigenvalue weighted by atomic mass is 9.92. The Labute approximate surface area is 141 Å². The molecule has 0 spiro atoms. The van der Waals surface area contributed by atoms with Gasteiger partial charge in [0.25, 0.3) is 0 Å². The molecule has 5 nitrogen and oxygen atoms in total. The molecule has 1 amide bonds. The molecule has 128 valence electrons. The number of rotatable bonds is 7. The highest BCUT2D eigenvalue weighted by Gasteiger charge is 2.26. The summed E-state index contributed by atoms with van der Waals surface area (Å²) in [5, 5.41) is 2.94. The van der Waals surface area contributed by atoms with Gasteiger partial charge in [-0.3, -0.25) is 4.79 Å². The highest BCUT2D eigenvalue weighted by Crippen LogP contribution is 2.17. The summed E-state index contributed by atoms with van der Waals surface area (Å²) in [5.74, 6) is 0.241. The molecule has 0 aromatic rings. The van der Waals surface area contributed by atoms with Crippen LogP contribution in [0.2, 0.25) is 0 Å². The van der Waals surface area contributed by atoms with Crippen LogP contribution in [0.3, 0.4) is 0 Å². The van der Waals surface area contributed by atoms with Gasteiger partial charge < -0.3 is 20.7 Å². The van der Waals surface area contributed by atoms with Crippen LogP contribution in [0.4, 0.5) is 0 Å². The summed E-state index contributed by atoms with van der Waals surface area (Å²) in [6.07, 6.45) is 2.90. The molecule has 1 aliphatic rings. The minimum Gasteiger partial charge on any atom is -0.381 e. The average Bonchev–Trinajstić information content (AvgIpc) is 2.46. The summed E-state index contributed by atoms with van der Waals surface area (Å²) in [6.45, 7) is 7.33. The monoisotopic (exact) mass is 343 g/mol. The number of carbonyl (C=O) groups is 1. The van der Waals surface area contributed by atoms with E-state index in [0.29, 0.717) is 12.6 Å². The van der Waals surface area contributed by atoms with Crippen molar-refractivity contribution in [1.29, 1.82) is 0 Å². The lowest BCUT2D eigenvalue weighted by Gasteiger charge is -2.27. The number of hydrogen-bond acceptors (Lipinski definition) is 4. The van der Waals surface area contributed by atoms with E-state index < -0.39 is 6.04 Å². The molecule has 1 saturated heterocycles. The molecule has 1 aliphatic heterocycles. The maximum Gasteiger partial charge on any atom is 0.237 e. The Kier molecular flexibility index (Phi) is 13.8. The quantitative estimate of drug-likeness (QED) is 0.733. The molecule has 7 heteroatoms. The highest BCUT2D eigenvalue weighted by atomic mass is 35.5. The molecule has 1 fully saturated rings. The van der Waals surface area contributed by atoms with E-state index in [4.69, 9.17) is 10.5 Å². The molecule has 2 unspecified atom stereocenters. The molecule has 1 rings (SSSR count). The van der Waals surface area contributed by atoms with E-state index in [-0.39, 0.29) is 36.6 Å². The Hall–Kier alpha value is -0.0700. The summed E-state index contributed by atoms with van der Waals surface area (Å²) in [5.41, 5.74) is 6.01. The van der Waals surface area contributed by atoms with Crippen molar-refractivity contribution in [1.82, 2.24) is 10.2 Å². The molecule has 1 heterocycles. The minimum absolute atomic E-state index is 0. The van der Waals surface area contributed by atoms with Crippen molar-refractivity contribution in [3.63, 3.8) is 0 Å². The Morgan fingerprint density at radius 1 is 1.38 bits per heavy atom. The first-order chi connectivity index (χ1) is 9.06. The predicted octanol–water partition coefficient (Wildman–Crippen LogP) is 1.43. The first-order valence-electron chi connectivity index (χ1n) is 7.37. The molecular weight excluding hydrogens is 313 g/mol. The van der Waals surface area contributed by atoms with Crippen molar-refractivity contribution in [2.75, 3.05) is 33.4 Å². The van der Waals surface area contributed by atoms with Gasteiger partial charge in [0.15, 0.2) is 0 Å². The van der Waals surface area contributed by atoms with Gasteiger partial charge in [0.05, 0.1) is 6.04 Å². The number of nitrogens with two attached hydrogens (primary N) is 1. The number of ether oxygens (including phenoxy) is 1. The number of hydrogen-bond donors (Lipinski definition) is 2. The zero-order valence-corrected chi connectivity index (χ0v) is 15.0. The first-order valence-corrected chi connectivity index (χ1v) is 7.37. The first kappa shape index (κ1) is 23.2. The molecule has 0 aliphatic carbocycles. The second-order valence-electron chi connectivity index (χ2n) is 5.50. The molecule has 0 aromatic heterocycles. The summed E-state index contributed by atoms with van der Waals surface area (Å²) in [4.78, 5) is 14.2. The van der Waals surface area contributed by atoms with E-state index in [1.807, 2.05) is 0 Å². The Bertz CT molecular complexity index is 277. The molecule has 2 atom stereocenters. The second-order valence-corrected chi connectivity index (χ2v) is 5.50.